The quantitative estimate of drug-likeness (QED) is 0.804. The van der Waals surface area contributed by atoms with E-state index in [9.17, 15) is 13.4 Å². The molecule has 1 aromatic carbocycles. The van der Waals surface area contributed by atoms with Crippen LogP contribution in [0.15, 0.2) is 18.2 Å². The Hall–Kier alpha value is -1.54. The van der Waals surface area contributed by atoms with E-state index in [2.05, 4.69) is 0 Å². The molecule has 3 nitrogen and oxygen atoms in total. The number of ketones is 1. The van der Waals surface area contributed by atoms with E-state index in [0.717, 1.165) is 19.3 Å². The number of rotatable bonds is 3. The van der Waals surface area contributed by atoms with Crippen molar-refractivity contribution >= 4 is 16.6 Å². The van der Waals surface area contributed by atoms with Crippen LogP contribution < -0.4 is 0 Å². The normalized spacial score (nSPS) is 30.5. The Kier molecular flexibility index (Phi) is 4.39. The van der Waals surface area contributed by atoms with Gasteiger partial charge in [-0.1, -0.05) is 18.6 Å². The van der Waals surface area contributed by atoms with Crippen LogP contribution >= 0.6 is 0 Å². The number of halogens is 1. The van der Waals surface area contributed by atoms with Gasteiger partial charge in [-0.25, -0.2) is 4.39 Å². The van der Waals surface area contributed by atoms with E-state index in [4.69, 9.17) is 5.26 Å². The molecule has 1 aromatic rings. The van der Waals surface area contributed by atoms with Gasteiger partial charge in [0.15, 0.2) is 5.78 Å². The fourth-order valence-corrected chi connectivity index (χ4v) is 5.80. The van der Waals surface area contributed by atoms with Crippen LogP contribution in [0.5, 0.6) is 0 Å². The minimum Gasteiger partial charge on any atom is -0.294 e. The number of fused-ring (bicyclic) bond motifs is 2. The number of hydrogen-bond donors (Lipinski definition) is 0. The van der Waals surface area contributed by atoms with Crippen molar-refractivity contribution in [2.75, 3.05) is 0 Å². The van der Waals surface area contributed by atoms with Crippen LogP contribution in [0, 0.1) is 23.1 Å². The summed E-state index contributed by atoms with van der Waals surface area (Å²) in [5, 5.41) is 8.89. The summed E-state index contributed by atoms with van der Waals surface area (Å²) < 4.78 is 26.1. The molecule has 2 fully saturated rings. The first kappa shape index (κ1) is 15.4. The zero-order valence-corrected chi connectivity index (χ0v) is 13.1. The SMILES string of the molecule is N#CCc1ccc(C(=O)C2CC3CCCC(C2)S3=O)cc1F. The smallest absolute Gasteiger partial charge is 0.166 e. The molecule has 5 heteroatoms. The Bertz CT molecular complexity index is 651. The largest absolute Gasteiger partial charge is 0.294 e. The molecule has 2 aliphatic rings. The molecule has 0 radical (unpaired) electrons. The maximum Gasteiger partial charge on any atom is 0.166 e. The second-order valence-electron chi connectivity index (χ2n) is 6.18. The van der Waals surface area contributed by atoms with Crippen molar-refractivity contribution in [3.05, 3.63) is 35.1 Å². The van der Waals surface area contributed by atoms with Gasteiger partial charge in [-0.3, -0.25) is 9.00 Å². The third kappa shape index (κ3) is 2.85. The molecule has 0 aromatic heterocycles. The predicted octanol–water partition coefficient (Wildman–Crippen LogP) is 3.15. The van der Waals surface area contributed by atoms with Crippen molar-refractivity contribution < 1.29 is 13.4 Å². The van der Waals surface area contributed by atoms with Gasteiger partial charge in [0, 0.05) is 38.3 Å². The van der Waals surface area contributed by atoms with Crippen LogP contribution in [0.1, 0.15) is 48.0 Å². The van der Waals surface area contributed by atoms with Crippen molar-refractivity contribution in [1.82, 2.24) is 0 Å². The van der Waals surface area contributed by atoms with Crippen LogP contribution in [0.3, 0.4) is 0 Å². The molecule has 0 N–H and O–H groups in total. The summed E-state index contributed by atoms with van der Waals surface area (Å²) in [4.78, 5) is 12.6. The molecule has 0 amide bonds. The number of nitrogens with zero attached hydrogens (tertiary/aromatic N) is 1. The van der Waals surface area contributed by atoms with E-state index >= 15 is 0 Å². The topological polar surface area (TPSA) is 57.9 Å². The highest BCUT2D eigenvalue weighted by molar-refractivity contribution is 7.86. The number of nitriles is 1. The highest BCUT2D eigenvalue weighted by Gasteiger charge is 2.40. The van der Waals surface area contributed by atoms with E-state index in [1.165, 1.54) is 12.1 Å². The Balaban J connectivity index is 1.78. The van der Waals surface area contributed by atoms with Crippen LogP contribution in [0.2, 0.25) is 0 Å². The number of benzene rings is 1. The van der Waals surface area contributed by atoms with Gasteiger partial charge >= 0.3 is 0 Å². The zero-order chi connectivity index (χ0) is 15.7. The highest BCUT2D eigenvalue weighted by Crippen LogP contribution is 2.38. The summed E-state index contributed by atoms with van der Waals surface area (Å²) in [5.74, 6) is -0.683. The van der Waals surface area contributed by atoms with Gasteiger partial charge in [0.2, 0.25) is 0 Å². The Morgan fingerprint density at radius 2 is 2.00 bits per heavy atom. The third-order valence-electron chi connectivity index (χ3n) is 4.78. The Morgan fingerprint density at radius 3 is 2.59 bits per heavy atom. The summed E-state index contributed by atoms with van der Waals surface area (Å²) in [6.07, 6.45) is 4.28. The lowest BCUT2D eigenvalue weighted by Gasteiger charge is -2.37. The fraction of sp³-hybridized carbons (Fsp3) is 0.529. The lowest BCUT2D eigenvalue weighted by Crippen LogP contribution is -2.41. The van der Waals surface area contributed by atoms with Crippen molar-refractivity contribution in [3.8, 4) is 6.07 Å². The third-order valence-corrected chi connectivity index (χ3v) is 6.95. The van der Waals surface area contributed by atoms with Crippen LogP contribution in [0.4, 0.5) is 4.39 Å². The summed E-state index contributed by atoms with van der Waals surface area (Å²) >= 11 is 0. The van der Waals surface area contributed by atoms with Gasteiger partial charge < -0.3 is 0 Å². The minimum atomic E-state index is -0.803. The Morgan fingerprint density at radius 1 is 1.32 bits per heavy atom. The lowest BCUT2D eigenvalue weighted by molar-refractivity contribution is 0.0895. The molecule has 2 saturated heterocycles. The van der Waals surface area contributed by atoms with E-state index in [0.29, 0.717) is 24.0 Å². The average Bonchev–Trinajstić information content (AvgIpc) is 2.48. The molecule has 22 heavy (non-hydrogen) atoms. The second-order valence-corrected chi connectivity index (χ2v) is 8.17. The zero-order valence-electron chi connectivity index (χ0n) is 12.3. The van der Waals surface area contributed by atoms with E-state index in [1.54, 1.807) is 6.07 Å². The molecule has 3 rings (SSSR count). The number of carbonyl (C=O) groups excluding carboxylic acids is 1. The van der Waals surface area contributed by atoms with Crippen molar-refractivity contribution in [1.29, 1.82) is 5.26 Å². The van der Waals surface area contributed by atoms with Gasteiger partial charge in [0.1, 0.15) is 5.82 Å². The summed E-state index contributed by atoms with van der Waals surface area (Å²) in [7, 11) is -0.803. The van der Waals surface area contributed by atoms with E-state index in [1.807, 2.05) is 6.07 Å². The number of Topliss-reactive ketones (excluding diaryl/α,β-unsaturated/α-hetero) is 1. The Labute approximate surface area is 132 Å². The first-order valence-corrected chi connectivity index (χ1v) is 8.96. The fourth-order valence-electron chi connectivity index (χ4n) is 3.61. The second kappa shape index (κ2) is 6.29. The van der Waals surface area contributed by atoms with Crippen molar-refractivity contribution in [2.45, 2.75) is 49.0 Å². The van der Waals surface area contributed by atoms with Crippen molar-refractivity contribution in [3.63, 3.8) is 0 Å². The van der Waals surface area contributed by atoms with Gasteiger partial charge in [-0.2, -0.15) is 5.26 Å². The molecule has 2 bridgehead atoms. The van der Waals surface area contributed by atoms with Crippen molar-refractivity contribution in [2.24, 2.45) is 5.92 Å². The molecule has 2 heterocycles. The standard InChI is InChI=1S/C17H18FNO2S/c18-16-10-12(5-4-11(16)6-7-19)17(20)13-8-14-2-1-3-15(9-13)22(14)21/h4-5,10,13-15H,1-3,6,8-9H2. The first-order chi connectivity index (χ1) is 10.6. The monoisotopic (exact) mass is 319 g/mol. The molecular weight excluding hydrogens is 301 g/mol. The predicted molar refractivity (Wildman–Crippen MR) is 82.3 cm³/mol. The number of carbonyl (C=O) groups is 1. The van der Waals surface area contributed by atoms with Gasteiger partial charge in [-0.15, -0.1) is 0 Å². The summed E-state index contributed by atoms with van der Waals surface area (Å²) in [6, 6.07) is 6.29. The highest BCUT2D eigenvalue weighted by atomic mass is 32.2. The molecule has 116 valence electrons. The van der Waals surface area contributed by atoms with Crippen LogP contribution in [0.25, 0.3) is 0 Å². The summed E-state index contributed by atoms with van der Waals surface area (Å²) in [5.41, 5.74) is 0.690. The molecule has 0 aliphatic carbocycles. The average molecular weight is 319 g/mol. The molecule has 0 spiro atoms. The van der Waals surface area contributed by atoms with E-state index < -0.39 is 16.6 Å². The van der Waals surface area contributed by atoms with Gasteiger partial charge in [-0.05, 0) is 31.7 Å². The van der Waals surface area contributed by atoms with Crippen LogP contribution in [-0.4, -0.2) is 20.5 Å². The van der Waals surface area contributed by atoms with Gasteiger partial charge in [0.05, 0.1) is 12.5 Å². The summed E-state index contributed by atoms with van der Waals surface area (Å²) in [6.45, 7) is 0. The first-order valence-electron chi connectivity index (χ1n) is 7.69. The lowest BCUT2D eigenvalue weighted by atomic mass is 9.84. The minimum absolute atomic E-state index is 0.00681. The van der Waals surface area contributed by atoms with Gasteiger partial charge in [0.25, 0.3) is 0 Å². The number of hydrogen-bond acceptors (Lipinski definition) is 3. The maximum absolute atomic E-state index is 13.9. The molecule has 0 saturated carbocycles. The molecule has 2 unspecified atom stereocenters. The van der Waals surface area contributed by atoms with Crippen LogP contribution in [-0.2, 0) is 17.2 Å². The molecule has 2 atom stereocenters. The molecule has 2 aliphatic heterocycles. The molecular formula is C17H18FNO2S. The van der Waals surface area contributed by atoms with E-state index in [-0.39, 0.29) is 28.6 Å². The maximum atomic E-state index is 13.9.